The quantitative estimate of drug-likeness (QED) is 0.717. The maximum absolute atomic E-state index is 12.2. The molecule has 0 amide bonds. The molecule has 0 bridgehead atoms. The van der Waals surface area contributed by atoms with Gasteiger partial charge >= 0.3 is 0 Å². The molecule has 0 radical (unpaired) electrons. The summed E-state index contributed by atoms with van der Waals surface area (Å²) in [7, 11) is 1.60. The fourth-order valence-electron chi connectivity index (χ4n) is 2.19. The molecular weight excluding hydrogens is 358 g/mol. The Hall–Kier alpha value is -2.63. The molecule has 0 aliphatic heterocycles. The summed E-state index contributed by atoms with van der Waals surface area (Å²) < 4.78 is 6.14. The number of aromatic nitrogens is 1. The first-order valence-corrected chi connectivity index (χ1v) is 8.61. The van der Waals surface area contributed by atoms with E-state index in [1.807, 2.05) is 24.3 Å². The summed E-state index contributed by atoms with van der Waals surface area (Å²) in [6.07, 6.45) is 3.19. The fourth-order valence-corrected chi connectivity index (χ4v) is 3.20. The Kier molecular flexibility index (Phi) is 5.16. The monoisotopic (exact) mass is 371 g/mol. The summed E-state index contributed by atoms with van der Waals surface area (Å²) in [5.41, 5.74) is 1.17. The lowest BCUT2D eigenvalue weighted by molar-refractivity contribution is 0.106. The highest BCUT2D eigenvalue weighted by molar-refractivity contribution is 7.07. The number of H-pyrrole nitrogens is 1. The number of benzene rings is 2. The minimum absolute atomic E-state index is 0.190. The van der Waals surface area contributed by atoms with E-state index >= 15 is 0 Å². The largest absolute Gasteiger partial charge is 0.497 e. The average molecular weight is 372 g/mol. The summed E-state index contributed by atoms with van der Waals surface area (Å²) in [6.45, 7) is 0. The van der Waals surface area contributed by atoms with Crippen LogP contribution in [0.3, 0.4) is 0 Å². The van der Waals surface area contributed by atoms with E-state index in [0.29, 0.717) is 19.8 Å². The molecule has 1 heterocycles. The number of carbonyl (C=O) groups excluding carboxylic acids is 1. The number of methoxy groups -OCH3 is 1. The first-order valence-electron chi connectivity index (χ1n) is 7.42. The van der Waals surface area contributed by atoms with Crippen molar-refractivity contribution in [1.29, 1.82) is 0 Å². The van der Waals surface area contributed by atoms with Crippen molar-refractivity contribution in [3.8, 4) is 5.75 Å². The molecule has 0 saturated carbocycles. The molecule has 0 spiro atoms. The van der Waals surface area contributed by atoms with Gasteiger partial charge in [0, 0.05) is 16.7 Å². The summed E-state index contributed by atoms with van der Waals surface area (Å²) in [5.74, 6) is 0.560. The zero-order valence-corrected chi connectivity index (χ0v) is 14.9. The van der Waals surface area contributed by atoms with E-state index in [0.717, 1.165) is 11.3 Å². The average Bonchev–Trinajstić information content (AvgIpc) is 2.95. The van der Waals surface area contributed by atoms with Gasteiger partial charge in [0.1, 0.15) is 5.75 Å². The van der Waals surface area contributed by atoms with Crippen molar-refractivity contribution in [3.05, 3.63) is 84.2 Å². The van der Waals surface area contributed by atoms with Crippen LogP contribution in [-0.2, 0) is 0 Å². The molecule has 3 aromatic rings. The Bertz CT molecular complexity index is 1060. The number of Topliss-reactive ketones (excluding diaryl/α,β-unsaturated/α-hetero) is 1. The van der Waals surface area contributed by atoms with E-state index in [1.165, 1.54) is 17.4 Å². The van der Waals surface area contributed by atoms with Gasteiger partial charge < -0.3 is 9.72 Å². The van der Waals surface area contributed by atoms with Crippen molar-refractivity contribution in [2.75, 3.05) is 7.11 Å². The topological polar surface area (TPSA) is 59.2 Å². The molecule has 1 N–H and O–H groups in total. The molecule has 0 saturated heterocycles. The predicted octanol–water partition coefficient (Wildman–Crippen LogP) is 2.59. The molecule has 1 aromatic heterocycles. The standard InChI is InChI=1S/C19H14ClNO3S/c1-24-15-8-2-12(3-9-15)10-17-19(23)21-18(25-17)11-16(22)13-4-6-14(20)7-5-13/h2-11H,1H3,(H,21,23)/b17-10-,18-11-. The zero-order valence-electron chi connectivity index (χ0n) is 13.3. The number of hydrogen-bond donors (Lipinski definition) is 1. The lowest BCUT2D eigenvalue weighted by Crippen LogP contribution is -2.19. The van der Waals surface area contributed by atoms with E-state index in [1.54, 1.807) is 37.5 Å². The van der Waals surface area contributed by atoms with Gasteiger partial charge in [-0.05, 0) is 48.0 Å². The Morgan fingerprint density at radius 1 is 1.12 bits per heavy atom. The number of halogens is 1. The summed E-state index contributed by atoms with van der Waals surface area (Å²) in [5, 5.41) is 0.567. The van der Waals surface area contributed by atoms with Crippen LogP contribution in [0.15, 0.2) is 53.3 Å². The van der Waals surface area contributed by atoms with E-state index < -0.39 is 0 Å². The summed E-state index contributed by atoms with van der Waals surface area (Å²) >= 11 is 7.05. The lowest BCUT2D eigenvalue weighted by atomic mass is 10.1. The Labute approximate surface area is 152 Å². The van der Waals surface area contributed by atoms with Crippen LogP contribution in [0.5, 0.6) is 5.75 Å². The minimum atomic E-state index is -0.226. The van der Waals surface area contributed by atoms with Crippen LogP contribution >= 0.6 is 22.9 Å². The molecular formula is C19H14ClNO3S. The van der Waals surface area contributed by atoms with Gasteiger partial charge in [0.15, 0.2) is 5.78 Å². The van der Waals surface area contributed by atoms with E-state index in [2.05, 4.69) is 4.98 Å². The highest BCUT2D eigenvalue weighted by Gasteiger charge is 2.03. The fraction of sp³-hybridized carbons (Fsp3) is 0.0526. The number of rotatable bonds is 4. The number of carbonyl (C=O) groups is 1. The number of hydrogen-bond acceptors (Lipinski definition) is 4. The highest BCUT2D eigenvalue weighted by Crippen LogP contribution is 2.11. The van der Waals surface area contributed by atoms with Crippen LogP contribution in [-0.4, -0.2) is 17.9 Å². The third kappa shape index (κ3) is 4.26. The molecule has 0 fully saturated rings. The van der Waals surface area contributed by atoms with Gasteiger partial charge in [-0.15, -0.1) is 11.3 Å². The Morgan fingerprint density at radius 2 is 1.80 bits per heavy atom. The van der Waals surface area contributed by atoms with Gasteiger partial charge in [0.2, 0.25) is 0 Å². The maximum atomic E-state index is 12.2. The number of thiazole rings is 1. The molecule has 6 heteroatoms. The minimum Gasteiger partial charge on any atom is -0.497 e. The van der Waals surface area contributed by atoms with Gasteiger partial charge in [-0.2, -0.15) is 0 Å². The van der Waals surface area contributed by atoms with Crippen LogP contribution in [0.1, 0.15) is 15.9 Å². The second-order valence-electron chi connectivity index (χ2n) is 5.22. The van der Waals surface area contributed by atoms with Crippen LogP contribution in [0.2, 0.25) is 5.02 Å². The second-order valence-corrected chi connectivity index (χ2v) is 6.74. The van der Waals surface area contributed by atoms with Gasteiger partial charge in [0.05, 0.1) is 16.3 Å². The SMILES string of the molecule is COc1ccc(/C=c2\s/c(=C\C(=O)c3ccc(Cl)cc3)[nH]c2=O)cc1. The number of ether oxygens (including phenoxy) is 1. The Morgan fingerprint density at radius 3 is 2.44 bits per heavy atom. The third-order valence-electron chi connectivity index (χ3n) is 3.48. The first-order chi connectivity index (χ1) is 12.0. The van der Waals surface area contributed by atoms with Crippen molar-refractivity contribution in [2.45, 2.75) is 0 Å². The number of aromatic amines is 1. The van der Waals surface area contributed by atoms with Crippen molar-refractivity contribution in [2.24, 2.45) is 0 Å². The predicted molar refractivity (Wildman–Crippen MR) is 101 cm³/mol. The Balaban J connectivity index is 1.93. The van der Waals surface area contributed by atoms with Crippen LogP contribution in [0.25, 0.3) is 12.2 Å². The maximum Gasteiger partial charge on any atom is 0.266 e. The molecule has 4 nitrogen and oxygen atoms in total. The second kappa shape index (κ2) is 7.51. The highest BCUT2D eigenvalue weighted by atomic mass is 35.5. The van der Waals surface area contributed by atoms with Crippen LogP contribution in [0.4, 0.5) is 0 Å². The number of ketones is 1. The first kappa shape index (κ1) is 17.2. The van der Waals surface area contributed by atoms with Crippen molar-refractivity contribution >= 4 is 40.9 Å². The van der Waals surface area contributed by atoms with Crippen LogP contribution < -0.4 is 19.5 Å². The smallest absolute Gasteiger partial charge is 0.266 e. The normalized spacial score (nSPS) is 12.4. The van der Waals surface area contributed by atoms with Gasteiger partial charge in [0.25, 0.3) is 5.56 Å². The van der Waals surface area contributed by atoms with Crippen molar-refractivity contribution < 1.29 is 9.53 Å². The van der Waals surface area contributed by atoms with Gasteiger partial charge in [-0.25, -0.2) is 0 Å². The van der Waals surface area contributed by atoms with E-state index in [9.17, 15) is 9.59 Å². The van der Waals surface area contributed by atoms with Gasteiger partial charge in [-0.1, -0.05) is 23.7 Å². The van der Waals surface area contributed by atoms with Crippen molar-refractivity contribution in [1.82, 2.24) is 4.98 Å². The van der Waals surface area contributed by atoms with Crippen molar-refractivity contribution in [3.63, 3.8) is 0 Å². The summed E-state index contributed by atoms with van der Waals surface area (Å²) in [4.78, 5) is 27.0. The van der Waals surface area contributed by atoms with E-state index in [4.69, 9.17) is 16.3 Å². The van der Waals surface area contributed by atoms with E-state index in [-0.39, 0.29) is 11.3 Å². The van der Waals surface area contributed by atoms with Crippen LogP contribution in [0, 0.1) is 0 Å². The molecule has 3 rings (SSSR count). The van der Waals surface area contributed by atoms with Gasteiger partial charge in [-0.3, -0.25) is 9.59 Å². The lowest BCUT2D eigenvalue weighted by Gasteiger charge is -1.98. The molecule has 126 valence electrons. The molecule has 0 aliphatic carbocycles. The number of nitrogens with one attached hydrogen (secondary N) is 1. The third-order valence-corrected chi connectivity index (χ3v) is 4.70. The molecule has 0 atom stereocenters. The molecule has 2 aromatic carbocycles. The molecule has 0 aliphatic rings. The molecule has 25 heavy (non-hydrogen) atoms. The summed E-state index contributed by atoms with van der Waals surface area (Å²) in [6, 6.07) is 14.0. The molecule has 0 unspecified atom stereocenters. The zero-order chi connectivity index (χ0) is 17.8.